The molecule has 1 N–H and O–H groups in total. The standard InChI is InChI=1S/C23H19N5O3S/c1-13(29)26-12-17(15-8-4-6-10-18(15)26)22-27(14(2)30)19-11-7-5-9-16(19)20-21(31)24-23(32-3)25-28(20)22/h4-12,22H,1-3H3/p+1. The Kier molecular flexibility index (Phi) is 4.70. The molecule has 3 heterocycles. The van der Waals surface area contributed by atoms with Crippen LogP contribution in [0, 0.1) is 0 Å². The van der Waals surface area contributed by atoms with Gasteiger partial charge < -0.3 is 0 Å². The minimum Gasteiger partial charge on any atom is -0.291 e. The van der Waals surface area contributed by atoms with E-state index in [0.29, 0.717) is 27.7 Å². The largest absolute Gasteiger partial charge is 0.325 e. The molecule has 0 saturated heterocycles. The number of benzene rings is 2. The third kappa shape index (κ3) is 2.89. The van der Waals surface area contributed by atoms with E-state index in [1.165, 1.54) is 25.6 Å². The van der Waals surface area contributed by atoms with Crippen molar-refractivity contribution in [3.8, 4) is 11.3 Å². The van der Waals surface area contributed by atoms with Crippen molar-refractivity contribution in [3.05, 3.63) is 70.6 Å². The number of hydrogen-bond donors (Lipinski definition) is 1. The lowest BCUT2D eigenvalue weighted by atomic mass is 10.0. The van der Waals surface area contributed by atoms with Crippen molar-refractivity contribution in [1.29, 1.82) is 0 Å². The lowest BCUT2D eigenvalue weighted by Crippen LogP contribution is -2.60. The molecule has 32 heavy (non-hydrogen) atoms. The predicted octanol–water partition coefficient (Wildman–Crippen LogP) is 2.97. The van der Waals surface area contributed by atoms with E-state index in [1.807, 2.05) is 54.8 Å². The molecule has 0 saturated carbocycles. The Morgan fingerprint density at radius 3 is 2.50 bits per heavy atom. The topological polar surface area (TPSA) is 91.9 Å². The van der Waals surface area contributed by atoms with E-state index >= 15 is 0 Å². The molecule has 1 atom stereocenters. The average molecular weight is 447 g/mol. The molecule has 4 aromatic rings. The van der Waals surface area contributed by atoms with E-state index in [2.05, 4.69) is 10.1 Å². The van der Waals surface area contributed by atoms with Crippen molar-refractivity contribution in [2.24, 2.45) is 0 Å². The average Bonchev–Trinajstić information content (AvgIpc) is 3.17. The second-order valence-electron chi connectivity index (χ2n) is 7.53. The van der Waals surface area contributed by atoms with Gasteiger partial charge in [-0.1, -0.05) is 42.1 Å². The van der Waals surface area contributed by atoms with Gasteiger partial charge in [-0.2, -0.15) is 0 Å². The zero-order valence-electron chi connectivity index (χ0n) is 17.7. The maximum atomic E-state index is 13.1. The molecule has 0 spiro atoms. The summed E-state index contributed by atoms with van der Waals surface area (Å²) in [5.41, 5.74) is 2.75. The summed E-state index contributed by atoms with van der Waals surface area (Å²) in [7, 11) is 0. The molecule has 0 bridgehead atoms. The van der Waals surface area contributed by atoms with E-state index < -0.39 is 6.17 Å². The van der Waals surface area contributed by atoms with Crippen LogP contribution in [0.25, 0.3) is 22.2 Å². The molecular formula is C23H20N5O3S+. The van der Waals surface area contributed by atoms with Gasteiger partial charge in [-0.25, -0.2) is 4.90 Å². The highest BCUT2D eigenvalue weighted by Gasteiger charge is 2.46. The number of fused-ring (bicyclic) bond motifs is 4. The highest BCUT2D eigenvalue weighted by atomic mass is 32.2. The molecular weight excluding hydrogens is 426 g/mol. The first-order valence-corrected chi connectivity index (χ1v) is 11.2. The van der Waals surface area contributed by atoms with Crippen molar-refractivity contribution >= 4 is 40.2 Å². The summed E-state index contributed by atoms with van der Waals surface area (Å²) in [6, 6.07) is 14.8. The number of aromatic amines is 1. The number of para-hydroxylation sites is 2. The van der Waals surface area contributed by atoms with Crippen LogP contribution >= 0.6 is 11.8 Å². The van der Waals surface area contributed by atoms with Gasteiger partial charge in [-0.15, -0.1) is 0 Å². The van der Waals surface area contributed by atoms with Gasteiger partial charge in [0.05, 0.1) is 22.3 Å². The van der Waals surface area contributed by atoms with Crippen molar-refractivity contribution in [2.75, 3.05) is 11.2 Å². The van der Waals surface area contributed by atoms with Gasteiger partial charge in [-0.3, -0.25) is 23.9 Å². The fraction of sp³-hybridized carbons (Fsp3) is 0.174. The van der Waals surface area contributed by atoms with E-state index in [-0.39, 0.29) is 17.4 Å². The van der Waals surface area contributed by atoms with E-state index in [4.69, 9.17) is 0 Å². The highest BCUT2D eigenvalue weighted by Crippen LogP contribution is 2.39. The lowest BCUT2D eigenvalue weighted by Gasteiger charge is -2.31. The number of anilines is 1. The number of carbonyl (C=O) groups excluding carboxylic acids is 2. The molecule has 0 radical (unpaired) electrons. The third-order valence-corrected chi connectivity index (χ3v) is 6.22. The van der Waals surface area contributed by atoms with Crippen molar-refractivity contribution in [1.82, 2.24) is 14.6 Å². The SMILES string of the molecule is CSc1n[n+]2c(c(=O)[nH]1)-c1ccccc1N(C(C)=O)C2c1cn(C(C)=O)c2ccccc12. The van der Waals surface area contributed by atoms with Gasteiger partial charge in [0, 0.05) is 30.5 Å². The van der Waals surface area contributed by atoms with Crippen LogP contribution in [0.5, 0.6) is 0 Å². The number of thioether (sulfide) groups is 1. The first kappa shape index (κ1) is 20.2. The minimum atomic E-state index is -0.740. The Bertz CT molecular complexity index is 1470. The van der Waals surface area contributed by atoms with Crippen LogP contribution in [-0.2, 0) is 4.79 Å². The minimum absolute atomic E-state index is 0.146. The first-order valence-electron chi connectivity index (χ1n) is 10.0. The number of aromatic nitrogens is 4. The van der Waals surface area contributed by atoms with Gasteiger partial charge in [0.15, 0.2) is 0 Å². The number of carbonyl (C=O) groups is 2. The Morgan fingerprint density at radius 1 is 1.06 bits per heavy atom. The van der Waals surface area contributed by atoms with Crippen LogP contribution in [0.1, 0.15) is 30.4 Å². The predicted molar refractivity (Wildman–Crippen MR) is 122 cm³/mol. The summed E-state index contributed by atoms with van der Waals surface area (Å²) >= 11 is 1.31. The Labute approximate surface area is 187 Å². The monoisotopic (exact) mass is 446 g/mol. The van der Waals surface area contributed by atoms with Gasteiger partial charge in [0.2, 0.25) is 17.0 Å². The van der Waals surface area contributed by atoms with E-state index in [9.17, 15) is 14.4 Å². The van der Waals surface area contributed by atoms with Crippen LogP contribution in [0.4, 0.5) is 5.69 Å². The maximum absolute atomic E-state index is 13.1. The number of H-pyrrole nitrogens is 1. The number of hydrogen-bond acceptors (Lipinski definition) is 5. The van der Waals surface area contributed by atoms with Gasteiger partial charge in [0.25, 0.3) is 6.17 Å². The Hall–Kier alpha value is -3.72. The van der Waals surface area contributed by atoms with Crippen molar-refractivity contribution in [2.45, 2.75) is 25.2 Å². The number of rotatable bonds is 2. The summed E-state index contributed by atoms with van der Waals surface area (Å²) in [5, 5.41) is 5.92. The molecule has 1 unspecified atom stereocenters. The van der Waals surface area contributed by atoms with Gasteiger partial charge in [-0.05, 0) is 29.1 Å². The molecule has 0 fully saturated rings. The Balaban J connectivity index is 1.92. The molecule has 2 aromatic heterocycles. The fourth-order valence-corrected chi connectivity index (χ4v) is 4.72. The second kappa shape index (κ2) is 7.45. The highest BCUT2D eigenvalue weighted by molar-refractivity contribution is 7.98. The second-order valence-corrected chi connectivity index (χ2v) is 8.32. The zero-order valence-corrected chi connectivity index (χ0v) is 18.5. The smallest absolute Gasteiger partial charge is 0.291 e. The van der Waals surface area contributed by atoms with E-state index in [0.717, 1.165) is 10.9 Å². The van der Waals surface area contributed by atoms with Crippen LogP contribution in [-0.4, -0.2) is 32.7 Å². The summed E-state index contributed by atoms with van der Waals surface area (Å²) < 4.78 is 3.16. The van der Waals surface area contributed by atoms with Crippen LogP contribution in [0.3, 0.4) is 0 Å². The summed E-state index contributed by atoms with van der Waals surface area (Å²) in [6.45, 7) is 2.98. The van der Waals surface area contributed by atoms with Crippen molar-refractivity contribution in [3.63, 3.8) is 0 Å². The van der Waals surface area contributed by atoms with E-state index in [1.54, 1.807) is 20.3 Å². The fourth-order valence-electron chi connectivity index (χ4n) is 4.36. The molecule has 1 amide bonds. The maximum Gasteiger partial charge on any atom is 0.325 e. The van der Waals surface area contributed by atoms with Crippen molar-refractivity contribution < 1.29 is 14.3 Å². The summed E-state index contributed by atoms with van der Waals surface area (Å²) in [5.74, 6) is -0.347. The normalized spacial score (nSPS) is 14.8. The first-order chi connectivity index (χ1) is 15.4. The Morgan fingerprint density at radius 2 is 1.78 bits per heavy atom. The third-order valence-electron chi connectivity index (χ3n) is 5.65. The molecule has 1 aliphatic heterocycles. The van der Waals surface area contributed by atoms with Gasteiger partial charge >= 0.3 is 11.3 Å². The van der Waals surface area contributed by atoms with Crippen LogP contribution < -0.4 is 15.1 Å². The molecule has 9 heteroatoms. The number of nitrogens with one attached hydrogen (secondary N) is 1. The molecule has 160 valence electrons. The molecule has 1 aliphatic rings. The molecule has 8 nitrogen and oxygen atoms in total. The quantitative estimate of drug-likeness (QED) is 0.378. The van der Waals surface area contributed by atoms with Crippen LogP contribution in [0.15, 0.2) is 64.7 Å². The summed E-state index contributed by atoms with van der Waals surface area (Å²) in [6.07, 6.45) is 2.82. The number of nitrogens with zero attached hydrogens (tertiary/aromatic N) is 4. The molecule has 0 aliphatic carbocycles. The number of amides is 1. The lowest BCUT2D eigenvalue weighted by molar-refractivity contribution is -0.762. The van der Waals surface area contributed by atoms with Crippen LogP contribution in [0.2, 0.25) is 0 Å². The van der Waals surface area contributed by atoms with Gasteiger partial charge in [0.1, 0.15) is 0 Å². The summed E-state index contributed by atoms with van der Waals surface area (Å²) in [4.78, 5) is 43.0. The zero-order chi connectivity index (χ0) is 22.6. The molecule has 2 aromatic carbocycles. The molecule has 5 rings (SSSR count).